The number of halogens is 2. The number of nitrogens with zero attached hydrogens (tertiary/aromatic N) is 2. The number of rotatable bonds is 8. The normalized spacial score (nSPS) is 18.6. The number of hydrogen-bond acceptors (Lipinski definition) is 4. The highest BCUT2D eigenvalue weighted by Crippen LogP contribution is 2.29. The van der Waals surface area contributed by atoms with E-state index >= 15 is 0 Å². The topological polar surface area (TPSA) is 72.1 Å². The highest BCUT2D eigenvalue weighted by atomic mass is 19.3. The minimum absolute atomic E-state index is 0.0127. The number of nitrogens with two attached hydrogens (primary N) is 1. The smallest absolute Gasteiger partial charge is 0.387 e. The molecule has 0 aromatic heterocycles. The lowest BCUT2D eigenvalue weighted by Gasteiger charge is -2.23. The van der Waals surface area contributed by atoms with Crippen LogP contribution in [0.2, 0.25) is 0 Å². The van der Waals surface area contributed by atoms with Crippen LogP contribution in [-0.4, -0.2) is 50.3 Å². The maximum Gasteiger partial charge on any atom is 0.387 e. The van der Waals surface area contributed by atoms with Gasteiger partial charge in [-0.25, -0.2) is 4.99 Å². The van der Waals surface area contributed by atoms with Crippen molar-refractivity contribution in [3.8, 4) is 11.5 Å². The van der Waals surface area contributed by atoms with E-state index in [4.69, 9.17) is 10.5 Å². The van der Waals surface area contributed by atoms with E-state index in [0.29, 0.717) is 17.6 Å². The van der Waals surface area contributed by atoms with E-state index in [1.54, 1.807) is 12.1 Å². The summed E-state index contributed by atoms with van der Waals surface area (Å²) in [5.41, 5.74) is 6.61. The molecule has 8 heteroatoms. The van der Waals surface area contributed by atoms with Gasteiger partial charge in [0.1, 0.15) is 0 Å². The molecule has 140 valence electrons. The van der Waals surface area contributed by atoms with Crippen molar-refractivity contribution in [1.29, 1.82) is 0 Å². The lowest BCUT2D eigenvalue weighted by molar-refractivity contribution is -0.0512. The van der Waals surface area contributed by atoms with Gasteiger partial charge in [-0.1, -0.05) is 13.0 Å². The zero-order valence-corrected chi connectivity index (χ0v) is 14.7. The quantitative estimate of drug-likeness (QED) is 0.552. The number of aliphatic imine (C=N–C) groups is 1. The molecule has 1 heterocycles. The number of methoxy groups -OCH3 is 1. The molecule has 2 rings (SSSR count). The number of likely N-dealkylation sites (N-methyl/N-ethyl adjacent to an activating group) is 1. The molecule has 0 saturated carbocycles. The summed E-state index contributed by atoms with van der Waals surface area (Å²) in [5.74, 6) is 0.580. The monoisotopic (exact) mass is 356 g/mol. The Morgan fingerprint density at radius 3 is 2.92 bits per heavy atom. The average Bonchev–Trinajstić information content (AvgIpc) is 3.05. The molecule has 1 saturated heterocycles. The van der Waals surface area contributed by atoms with Gasteiger partial charge in [0, 0.05) is 12.6 Å². The van der Waals surface area contributed by atoms with E-state index in [9.17, 15) is 8.78 Å². The Balaban J connectivity index is 1.91. The molecule has 0 aliphatic carbocycles. The van der Waals surface area contributed by atoms with Crippen LogP contribution in [0.5, 0.6) is 11.5 Å². The first-order chi connectivity index (χ1) is 12.0. The molecule has 1 unspecified atom stereocenters. The summed E-state index contributed by atoms with van der Waals surface area (Å²) >= 11 is 0. The summed E-state index contributed by atoms with van der Waals surface area (Å²) in [7, 11) is 1.40. The van der Waals surface area contributed by atoms with Gasteiger partial charge in [0.25, 0.3) is 0 Å². The van der Waals surface area contributed by atoms with Gasteiger partial charge in [-0.2, -0.15) is 8.78 Å². The van der Waals surface area contributed by atoms with Crippen LogP contribution in [0.3, 0.4) is 0 Å². The van der Waals surface area contributed by atoms with Gasteiger partial charge in [-0.3, -0.25) is 4.90 Å². The van der Waals surface area contributed by atoms with Gasteiger partial charge < -0.3 is 20.5 Å². The second-order valence-electron chi connectivity index (χ2n) is 5.87. The number of alkyl halides is 2. The Morgan fingerprint density at radius 2 is 2.24 bits per heavy atom. The van der Waals surface area contributed by atoms with Crippen LogP contribution in [0.4, 0.5) is 8.78 Å². The van der Waals surface area contributed by atoms with Gasteiger partial charge in [-0.15, -0.1) is 0 Å². The molecule has 1 aromatic carbocycles. The molecular weight excluding hydrogens is 330 g/mol. The minimum Gasteiger partial charge on any atom is -0.493 e. The highest BCUT2D eigenvalue weighted by Gasteiger charge is 2.22. The highest BCUT2D eigenvalue weighted by molar-refractivity contribution is 5.77. The number of likely N-dealkylation sites (tertiary alicyclic amines) is 1. The zero-order valence-electron chi connectivity index (χ0n) is 14.7. The second-order valence-corrected chi connectivity index (χ2v) is 5.87. The maximum atomic E-state index is 12.5. The molecule has 1 aromatic rings. The van der Waals surface area contributed by atoms with Gasteiger partial charge in [0.2, 0.25) is 0 Å². The summed E-state index contributed by atoms with van der Waals surface area (Å²) in [6, 6.07) is 5.27. The first-order valence-corrected chi connectivity index (χ1v) is 8.43. The lowest BCUT2D eigenvalue weighted by Crippen LogP contribution is -2.42. The fourth-order valence-electron chi connectivity index (χ4n) is 3.00. The summed E-state index contributed by atoms with van der Waals surface area (Å²) in [4.78, 5) is 6.68. The van der Waals surface area contributed by atoms with E-state index in [2.05, 4.69) is 26.9 Å². The van der Waals surface area contributed by atoms with E-state index < -0.39 is 6.61 Å². The Labute approximate surface area is 147 Å². The van der Waals surface area contributed by atoms with Gasteiger partial charge >= 0.3 is 6.61 Å². The molecular formula is C17H26F2N4O2. The molecule has 0 bridgehead atoms. The molecule has 1 atom stereocenters. The van der Waals surface area contributed by atoms with Crippen molar-refractivity contribution in [2.45, 2.75) is 39.0 Å². The molecule has 0 amide bonds. The van der Waals surface area contributed by atoms with Crippen LogP contribution in [0.1, 0.15) is 25.3 Å². The van der Waals surface area contributed by atoms with Crippen LogP contribution in [0, 0.1) is 0 Å². The number of guanidine groups is 1. The molecule has 6 nitrogen and oxygen atoms in total. The second kappa shape index (κ2) is 9.41. The van der Waals surface area contributed by atoms with Crippen molar-refractivity contribution in [1.82, 2.24) is 10.2 Å². The Kier molecular flexibility index (Phi) is 7.24. The molecule has 1 aliphatic rings. The predicted molar refractivity (Wildman–Crippen MR) is 93.2 cm³/mol. The third kappa shape index (κ3) is 5.74. The van der Waals surface area contributed by atoms with E-state index in [1.807, 2.05) is 0 Å². The van der Waals surface area contributed by atoms with Crippen molar-refractivity contribution >= 4 is 5.96 Å². The number of ether oxygens (including phenoxy) is 2. The van der Waals surface area contributed by atoms with Crippen LogP contribution < -0.4 is 20.5 Å². The molecule has 1 aliphatic heterocycles. The first-order valence-electron chi connectivity index (χ1n) is 8.43. The zero-order chi connectivity index (χ0) is 18.2. The van der Waals surface area contributed by atoms with Gasteiger partial charge in [0.15, 0.2) is 17.5 Å². The predicted octanol–water partition coefficient (Wildman–Crippen LogP) is 2.19. The molecule has 0 spiro atoms. The minimum atomic E-state index is -2.91. The van der Waals surface area contributed by atoms with Crippen LogP contribution >= 0.6 is 0 Å². The van der Waals surface area contributed by atoms with Crippen molar-refractivity contribution < 1.29 is 18.3 Å². The van der Waals surface area contributed by atoms with Crippen molar-refractivity contribution in [2.75, 3.05) is 26.7 Å². The summed E-state index contributed by atoms with van der Waals surface area (Å²) in [6.45, 7) is 2.42. The summed E-state index contributed by atoms with van der Waals surface area (Å²) in [6.07, 6.45) is 2.36. The molecule has 25 heavy (non-hydrogen) atoms. The van der Waals surface area contributed by atoms with Crippen LogP contribution in [0.25, 0.3) is 0 Å². The van der Waals surface area contributed by atoms with Crippen molar-refractivity contribution in [2.24, 2.45) is 10.7 Å². The van der Waals surface area contributed by atoms with E-state index in [-0.39, 0.29) is 18.0 Å². The molecule has 1 fully saturated rings. The largest absolute Gasteiger partial charge is 0.493 e. The van der Waals surface area contributed by atoms with Crippen LogP contribution in [0.15, 0.2) is 23.2 Å². The Morgan fingerprint density at radius 1 is 1.44 bits per heavy atom. The van der Waals surface area contributed by atoms with E-state index in [1.165, 1.54) is 19.6 Å². The summed E-state index contributed by atoms with van der Waals surface area (Å²) in [5, 5.41) is 3.14. The standard InChI is InChI=1S/C17H26F2N4O2/c1-3-23-8-4-5-13(23)11-22-17(20)21-10-12-6-7-14(24-2)15(9-12)25-16(18)19/h6-7,9,13,16H,3-5,8,10-11H2,1-2H3,(H3,20,21,22). The first kappa shape index (κ1) is 19.2. The number of hydrogen-bond donors (Lipinski definition) is 2. The van der Waals surface area contributed by atoms with Gasteiger partial charge in [-0.05, 0) is 43.6 Å². The van der Waals surface area contributed by atoms with E-state index in [0.717, 1.165) is 26.1 Å². The fraction of sp³-hybridized carbons (Fsp3) is 0.588. The Hall–Kier alpha value is -2.09. The SMILES string of the molecule is CCN1CCCC1CNC(N)=NCc1ccc(OC)c(OC(F)F)c1. The maximum absolute atomic E-state index is 12.5. The number of benzene rings is 1. The number of nitrogens with one attached hydrogen (secondary N) is 1. The van der Waals surface area contributed by atoms with Crippen LogP contribution in [-0.2, 0) is 6.54 Å². The summed E-state index contributed by atoms with van der Waals surface area (Å²) < 4.78 is 34.4. The third-order valence-corrected chi connectivity index (χ3v) is 4.30. The van der Waals surface area contributed by atoms with Gasteiger partial charge in [0.05, 0.1) is 13.7 Å². The van der Waals surface area contributed by atoms with Crippen molar-refractivity contribution in [3.63, 3.8) is 0 Å². The lowest BCUT2D eigenvalue weighted by atomic mass is 10.2. The Bertz CT molecular complexity index is 584. The molecule has 0 radical (unpaired) electrons. The third-order valence-electron chi connectivity index (χ3n) is 4.30. The fourth-order valence-corrected chi connectivity index (χ4v) is 3.00. The van der Waals surface area contributed by atoms with Crippen molar-refractivity contribution in [3.05, 3.63) is 23.8 Å². The average molecular weight is 356 g/mol. The molecule has 3 N–H and O–H groups in total.